The number of hydrogen-bond donors (Lipinski definition) is 2. The molecule has 0 aliphatic rings. The zero-order valence-electron chi connectivity index (χ0n) is 8.59. The summed E-state index contributed by atoms with van der Waals surface area (Å²) < 4.78 is 15.0. The highest BCUT2D eigenvalue weighted by Crippen LogP contribution is 2.37. The number of phosphoric acid groups is 1. The van der Waals surface area contributed by atoms with Crippen LogP contribution < -0.4 is 4.52 Å². The van der Waals surface area contributed by atoms with Gasteiger partial charge in [0.25, 0.3) is 0 Å². The molecule has 84 valence electrons. The van der Waals surface area contributed by atoms with Crippen molar-refractivity contribution < 1.29 is 18.9 Å². The number of aryl methyl sites for hydroxylation is 1. The lowest BCUT2D eigenvalue weighted by Gasteiger charge is -2.07. The molecule has 5 heteroatoms. The summed E-state index contributed by atoms with van der Waals surface area (Å²) in [6.45, 7) is 2.12. The molecule has 0 aliphatic heterocycles. The summed E-state index contributed by atoms with van der Waals surface area (Å²) in [5, 5.41) is 0. The first-order chi connectivity index (χ1) is 7.01. The second kappa shape index (κ2) is 5.31. The lowest BCUT2D eigenvalue weighted by Crippen LogP contribution is -1.90. The molecule has 0 aliphatic carbocycles. The lowest BCUT2D eigenvalue weighted by molar-refractivity contribution is 0.283. The minimum Gasteiger partial charge on any atom is -0.404 e. The van der Waals surface area contributed by atoms with E-state index in [1.807, 2.05) is 12.1 Å². The smallest absolute Gasteiger partial charge is 0.404 e. The standard InChI is InChI=1S/C10H15O4P/c1-2-3-4-9-5-7-10(8-6-9)14-15(11,12)13/h5-8H,2-4H2,1H3,(H2,11,12,13). The van der Waals surface area contributed by atoms with Crippen molar-refractivity contribution in [1.82, 2.24) is 0 Å². The summed E-state index contributed by atoms with van der Waals surface area (Å²) in [4.78, 5) is 17.1. The van der Waals surface area contributed by atoms with E-state index in [-0.39, 0.29) is 5.75 Å². The fraction of sp³-hybridized carbons (Fsp3) is 0.400. The fourth-order valence-electron chi connectivity index (χ4n) is 1.24. The number of phosphoric ester groups is 1. The summed E-state index contributed by atoms with van der Waals surface area (Å²) >= 11 is 0. The Morgan fingerprint density at radius 3 is 2.33 bits per heavy atom. The molecule has 1 aromatic carbocycles. The Hall–Kier alpha value is -0.830. The molecular formula is C10H15O4P. The molecule has 0 atom stereocenters. The number of benzene rings is 1. The van der Waals surface area contributed by atoms with Crippen molar-refractivity contribution in [2.24, 2.45) is 0 Å². The van der Waals surface area contributed by atoms with Crippen molar-refractivity contribution in [3.8, 4) is 5.75 Å². The molecule has 4 nitrogen and oxygen atoms in total. The normalized spacial score (nSPS) is 11.4. The second-order valence-corrected chi connectivity index (χ2v) is 4.49. The van der Waals surface area contributed by atoms with Gasteiger partial charge in [0.2, 0.25) is 0 Å². The average Bonchev–Trinajstić information content (AvgIpc) is 2.14. The summed E-state index contributed by atoms with van der Waals surface area (Å²) in [6.07, 6.45) is 3.21. The van der Waals surface area contributed by atoms with Gasteiger partial charge >= 0.3 is 7.82 Å². The van der Waals surface area contributed by atoms with E-state index < -0.39 is 7.82 Å². The molecule has 0 radical (unpaired) electrons. The van der Waals surface area contributed by atoms with Crippen molar-refractivity contribution in [2.45, 2.75) is 26.2 Å². The minimum atomic E-state index is -4.42. The van der Waals surface area contributed by atoms with Crippen molar-refractivity contribution in [1.29, 1.82) is 0 Å². The van der Waals surface area contributed by atoms with Crippen molar-refractivity contribution in [3.63, 3.8) is 0 Å². The zero-order chi connectivity index (χ0) is 11.3. The molecule has 0 spiro atoms. The van der Waals surface area contributed by atoms with E-state index in [9.17, 15) is 4.57 Å². The third-order valence-corrected chi connectivity index (χ3v) is 2.42. The largest absolute Gasteiger partial charge is 0.524 e. The molecular weight excluding hydrogens is 215 g/mol. The van der Waals surface area contributed by atoms with Gasteiger partial charge in [0.15, 0.2) is 0 Å². The van der Waals surface area contributed by atoms with Crippen LogP contribution >= 0.6 is 7.82 Å². The highest BCUT2D eigenvalue weighted by molar-refractivity contribution is 7.46. The molecule has 0 saturated carbocycles. The highest BCUT2D eigenvalue weighted by atomic mass is 31.2. The maximum Gasteiger partial charge on any atom is 0.524 e. The molecule has 15 heavy (non-hydrogen) atoms. The third kappa shape index (κ3) is 4.98. The van der Waals surface area contributed by atoms with Gasteiger partial charge in [0.05, 0.1) is 0 Å². The first-order valence-corrected chi connectivity index (χ1v) is 6.38. The van der Waals surface area contributed by atoms with Crippen LogP contribution in [0.2, 0.25) is 0 Å². The Bertz CT molecular complexity index is 341. The van der Waals surface area contributed by atoms with Gasteiger partial charge in [-0.2, -0.15) is 0 Å². The van der Waals surface area contributed by atoms with Gasteiger partial charge in [-0.3, -0.25) is 9.79 Å². The van der Waals surface area contributed by atoms with E-state index in [0.29, 0.717) is 0 Å². The first kappa shape index (κ1) is 12.2. The number of rotatable bonds is 5. The fourth-order valence-corrected chi connectivity index (χ4v) is 1.63. The Balaban J connectivity index is 2.60. The molecule has 2 N–H and O–H groups in total. The van der Waals surface area contributed by atoms with Crippen LogP contribution in [-0.2, 0) is 11.0 Å². The van der Waals surface area contributed by atoms with Gasteiger partial charge in [0, 0.05) is 0 Å². The third-order valence-electron chi connectivity index (χ3n) is 1.97. The van der Waals surface area contributed by atoms with Crippen LogP contribution in [0.15, 0.2) is 24.3 Å². The summed E-state index contributed by atoms with van der Waals surface area (Å²) in [5.74, 6) is 0.198. The molecule has 0 amide bonds. The quantitative estimate of drug-likeness (QED) is 0.762. The van der Waals surface area contributed by atoms with Crippen molar-refractivity contribution >= 4 is 7.82 Å². The van der Waals surface area contributed by atoms with Crippen LogP contribution in [0, 0.1) is 0 Å². The van der Waals surface area contributed by atoms with Crippen LogP contribution in [-0.4, -0.2) is 9.79 Å². The van der Waals surface area contributed by atoms with E-state index in [2.05, 4.69) is 11.4 Å². The van der Waals surface area contributed by atoms with Gasteiger partial charge < -0.3 is 4.52 Å². The molecule has 1 rings (SSSR count). The summed E-state index contributed by atoms with van der Waals surface area (Å²) in [5.41, 5.74) is 1.15. The van der Waals surface area contributed by atoms with Crippen molar-refractivity contribution in [3.05, 3.63) is 29.8 Å². The second-order valence-electron chi connectivity index (χ2n) is 3.33. The van der Waals surface area contributed by atoms with E-state index in [4.69, 9.17) is 9.79 Å². The Morgan fingerprint density at radius 2 is 1.87 bits per heavy atom. The molecule has 0 unspecified atom stereocenters. The van der Waals surface area contributed by atoms with Gasteiger partial charge in [-0.15, -0.1) is 0 Å². The predicted molar refractivity (Wildman–Crippen MR) is 57.7 cm³/mol. The molecule has 0 fully saturated rings. The molecule has 0 saturated heterocycles. The highest BCUT2D eigenvalue weighted by Gasteiger charge is 2.15. The zero-order valence-corrected chi connectivity index (χ0v) is 9.48. The van der Waals surface area contributed by atoms with Gasteiger partial charge in [0.1, 0.15) is 5.75 Å². The van der Waals surface area contributed by atoms with E-state index in [0.717, 1.165) is 24.8 Å². The SMILES string of the molecule is CCCCc1ccc(OP(=O)(O)O)cc1. The molecule has 0 heterocycles. The molecule has 1 aromatic rings. The minimum absolute atomic E-state index is 0.198. The van der Waals surface area contributed by atoms with Crippen LogP contribution in [0.5, 0.6) is 5.75 Å². The Morgan fingerprint density at radius 1 is 1.27 bits per heavy atom. The van der Waals surface area contributed by atoms with Gasteiger partial charge in [-0.25, -0.2) is 4.57 Å². The average molecular weight is 230 g/mol. The monoisotopic (exact) mass is 230 g/mol. The first-order valence-electron chi connectivity index (χ1n) is 4.85. The van der Waals surface area contributed by atoms with Crippen LogP contribution in [0.3, 0.4) is 0 Å². The lowest BCUT2D eigenvalue weighted by atomic mass is 10.1. The van der Waals surface area contributed by atoms with E-state index in [1.165, 1.54) is 0 Å². The maximum absolute atomic E-state index is 10.5. The van der Waals surface area contributed by atoms with E-state index in [1.54, 1.807) is 12.1 Å². The number of hydrogen-bond acceptors (Lipinski definition) is 2. The van der Waals surface area contributed by atoms with Crippen LogP contribution in [0.1, 0.15) is 25.3 Å². The Labute approximate surface area is 89.1 Å². The molecule has 0 aromatic heterocycles. The van der Waals surface area contributed by atoms with Crippen LogP contribution in [0.4, 0.5) is 0 Å². The van der Waals surface area contributed by atoms with Crippen molar-refractivity contribution in [2.75, 3.05) is 0 Å². The van der Waals surface area contributed by atoms with Gasteiger partial charge in [-0.05, 0) is 30.5 Å². The number of unbranched alkanes of at least 4 members (excludes halogenated alkanes) is 1. The van der Waals surface area contributed by atoms with Gasteiger partial charge in [-0.1, -0.05) is 25.5 Å². The van der Waals surface area contributed by atoms with Crippen LogP contribution in [0.25, 0.3) is 0 Å². The Kier molecular flexibility index (Phi) is 4.33. The topological polar surface area (TPSA) is 66.8 Å². The van der Waals surface area contributed by atoms with E-state index >= 15 is 0 Å². The summed E-state index contributed by atoms with van der Waals surface area (Å²) in [6, 6.07) is 6.79. The summed E-state index contributed by atoms with van der Waals surface area (Å²) in [7, 11) is -4.42. The molecule has 0 bridgehead atoms. The maximum atomic E-state index is 10.5. The predicted octanol–water partition coefficient (Wildman–Crippen LogP) is 2.50.